The molecule has 0 aromatic carbocycles. The molecule has 132 valence electrons. The van der Waals surface area contributed by atoms with Crippen molar-refractivity contribution in [2.24, 2.45) is 0 Å². The lowest BCUT2D eigenvalue weighted by Crippen LogP contribution is -2.33. The van der Waals surface area contributed by atoms with Gasteiger partial charge in [-0.05, 0) is 25.0 Å². The Labute approximate surface area is 149 Å². The molecule has 0 bridgehead atoms. The third kappa shape index (κ3) is 4.54. The van der Waals surface area contributed by atoms with E-state index in [1.165, 1.54) is 36.4 Å². The molecule has 25 heavy (non-hydrogen) atoms. The van der Waals surface area contributed by atoms with Crippen LogP contribution in [0.5, 0.6) is 0 Å². The first-order chi connectivity index (χ1) is 12.1. The fourth-order valence-electron chi connectivity index (χ4n) is 2.80. The maximum absolute atomic E-state index is 12.4. The molecule has 7 nitrogen and oxygen atoms in total. The fraction of sp³-hybridized carbons (Fsp3) is 0.412. The molecule has 0 aliphatic carbocycles. The molecule has 1 aliphatic heterocycles. The number of amides is 2. The van der Waals surface area contributed by atoms with Gasteiger partial charge in [-0.3, -0.25) is 19.7 Å². The van der Waals surface area contributed by atoms with Crippen LogP contribution >= 0.6 is 11.3 Å². The number of carbonyl (C=O) groups excluding carboxylic acids is 2. The van der Waals surface area contributed by atoms with Gasteiger partial charge in [0.1, 0.15) is 5.56 Å². The van der Waals surface area contributed by atoms with Crippen LogP contribution in [0.2, 0.25) is 0 Å². The lowest BCUT2D eigenvalue weighted by molar-refractivity contribution is -0.130. The summed E-state index contributed by atoms with van der Waals surface area (Å²) >= 11 is 1.25. The minimum Gasteiger partial charge on any atom is -0.342 e. The second kappa shape index (κ2) is 8.06. The molecule has 0 spiro atoms. The lowest BCUT2D eigenvalue weighted by Gasteiger charge is -2.19. The summed E-state index contributed by atoms with van der Waals surface area (Å²) in [6.07, 6.45) is 6.16. The summed E-state index contributed by atoms with van der Waals surface area (Å²) in [6, 6.07) is 3.04. The maximum Gasteiger partial charge on any atom is 0.263 e. The highest BCUT2D eigenvalue weighted by Crippen LogP contribution is 2.18. The number of pyridine rings is 1. The highest BCUT2D eigenvalue weighted by atomic mass is 32.1. The molecule has 3 rings (SSSR count). The van der Waals surface area contributed by atoms with Crippen LogP contribution in [0.3, 0.4) is 0 Å². The first kappa shape index (κ1) is 17.3. The summed E-state index contributed by atoms with van der Waals surface area (Å²) in [5, 5.41) is 4.75. The van der Waals surface area contributed by atoms with Crippen LogP contribution in [0.4, 0.5) is 5.13 Å². The number of carbonyl (C=O) groups is 2. The summed E-state index contributed by atoms with van der Waals surface area (Å²) in [7, 11) is 0. The number of nitrogens with one attached hydrogen (secondary N) is 2. The van der Waals surface area contributed by atoms with E-state index >= 15 is 0 Å². The molecule has 1 fully saturated rings. The van der Waals surface area contributed by atoms with Gasteiger partial charge in [0.25, 0.3) is 11.5 Å². The molecule has 1 aliphatic rings. The van der Waals surface area contributed by atoms with Gasteiger partial charge >= 0.3 is 0 Å². The summed E-state index contributed by atoms with van der Waals surface area (Å²) in [6.45, 7) is 1.62. The van der Waals surface area contributed by atoms with Gasteiger partial charge in [0.2, 0.25) is 5.91 Å². The topological polar surface area (TPSA) is 95.2 Å². The van der Waals surface area contributed by atoms with Crippen molar-refractivity contribution >= 4 is 28.3 Å². The molecular formula is C17H20N4O3S. The molecule has 0 unspecified atom stereocenters. The third-order valence-electron chi connectivity index (χ3n) is 4.13. The van der Waals surface area contributed by atoms with Gasteiger partial charge in [0.05, 0.1) is 12.1 Å². The van der Waals surface area contributed by atoms with E-state index in [0.717, 1.165) is 25.9 Å². The second-order valence-electron chi connectivity index (χ2n) is 5.98. The van der Waals surface area contributed by atoms with E-state index in [2.05, 4.69) is 15.3 Å². The zero-order valence-electron chi connectivity index (χ0n) is 13.8. The number of likely N-dealkylation sites (tertiary alicyclic amines) is 1. The first-order valence-corrected chi connectivity index (χ1v) is 9.22. The Morgan fingerprint density at radius 3 is 2.72 bits per heavy atom. The monoisotopic (exact) mass is 360 g/mol. The highest BCUT2D eigenvalue weighted by molar-refractivity contribution is 7.14. The average Bonchev–Trinajstić information content (AvgIpc) is 2.86. The van der Waals surface area contributed by atoms with Gasteiger partial charge in [-0.25, -0.2) is 4.98 Å². The van der Waals surface area contributed by atoms with Gasteiger partial charge in [0, 0.05) is 24.7 Å². The van der Waals surface area contributed by atoms with E-state index in [0.29, 0.717) is 10.8 Å². The van der Waals surface area contributed by atoms with Crippen molar-refractivity contribution in [3.8, 4) is 0 Å². The van der Waals surface area contributed by atoms with Crippen LogP contribution in [-0.4, -0.2) is 39.8 Å². The molecule has 3 heterocycles. The van der Waals surface area contributed by atoms with Gasteiger partial charge < -0.3 is 9.88 Å². The number of aromatic amines is 1. The van der Waals surface area contributed by atoms with E-state index in [-0.39, 0.29) is 17.9 Å². The Morgan fingerprint density at radius 1 is 1.24 bits per heavy atom. The van der Waals surface area contributed by atoms with Gasteiger partial charge in [-0.2, -0.15) is 0 Å². The quantitative estimate of drug-likeness (QED) is 0.872. The normalized spacial score (nSPS) is 14.8. The number of hydrogen-bond acceptors (Lipinski definition) is 5. The Hall–Kier alpha value is -2.48. The zero-order valence-corrected chi connectivity index (χ0v) is 14.6. The number of anilines is 1. The number of aromatic nitrogens is 2. The zero-order chi connectivity index (χ0) is 17.6. The predicted molar refractivity (Wildman–Crippen MR) is 95.9 cm³/mol. The van der Waals surface area contributed by atoms with Crippen molar-refractivity contribution in [2.75, 3.05) is 18.4 Å². The second-order valence-corrected chi connectivity index (χ2v) is 6.84. The van der Waals surface area contributed by atoms with Crippen LogP contribution in [0.25, 0.3) is 0 Å². The molecule has 2 amide bonds. The molecule has 0 radical (unpaired) electrons. The van der Waals surface area contributed by atoms with Crippen molar-refractivity contribution in [1.29, 1.82) is 0 Å². The first-order valence-electron chi connectivity index (χ1n) is 8.35. The van der Waals surface area contributed by atoms with Crippen molar-refractivity contribution < 1.29 is 9.59 Å². The Kier molecular flexibility index (Phi) is 5.60. The summed E-state index contributed by atoms with van der Waals surface area (Å²) in [4.78, 5) is 44.8. The molecule has 2 aromatic rings. The minimum atomic E-state index is -0.512. The third-order valence-corrected chi connectivity index (χ3v) is 4.93. The van der Waals surface area contributed by atoms with Gasteiger partial charge in [-0.1, -0.05) is 12.8 Å². The minimum absolute atomic E-state index is 0.0277. The Balaban J connectivity index is 1.60. The highest BCUT2D eigenvalue weighted by Gasteiger charge is 2.18. The van der Waals surface area contributed by atoms with Crippen LogP contribution in [0, 0.1) is 0 Å². The van der Waals surface area contributed by atoms with Crippen molar-refractivity contribution in [3.63, 3.8) is 0 Å². The van der Waals surface area contributed by atoms with Crippen LogP contribution < -0.4 is 10.9 Å². The van der Waals surface area contributed by atoms with Crippen LogP contribution in [0.1, 0.15) is 41.7 Å². The Morgan fingerprint density at radius 2 is 2.00 bits per heavy atom. The molecule has 8 heteroatoms. The smallest absolute Gasteiger partial charge is 0.263 e. The van der Waals surface area contributed by atoms with Crippen molar-refractivity contribution in [1.82, 2.24) is 14.9 Å². The van der Waals surface area contributed by atoms with E-state index in [1.807, 2.05) is 4.90 Å². The molecular weight excluding hydrogens is 340 g/mol. The van der Waals surface area contributed by atoms with Crippen molar-refractivity contribution in [3.05, 3.63) is 45.3 Å². The largest absolute Gasteiger partial charge is 0.342 e. The maximum atomic E-state index is 12.4. The number of nitrogens with zero attached hydrogens (tertiary/aromatic N) is 2. The number of H-pyrrole nitrogens is 1. The molecule has 1 saturated heterocycles. The van der Waals surface area contributed by atoms with Gasteiger partial charge in [-0.15, -0.1) is 11.3 Å². The SMILES string of the molecule is O=C(Nc1nc(CC(=O)N2CCCCCC2)cs1)c1ccc[nH]c1=O. The lowest BCUT2D eigenvalue weighted by atomic mass is 10.2. The molecule has 0 atom stereocenters. The molecule has 2 N–H and O–H groups in total. The number of hydrogen-bond donors (Lipinski definition) is 2. The van der Waals surface area contributed by atoms with Crippen LogP contribution in [-0.2, 0) is 11.2 Å². The van der Waals surface area contributed by atoms with Crippen molar-refractivity contribution in [2.45, 2.75) is 32.1 Å². The fourth-order valence-corrected chi connectivity index (χ4v) is 3.50. The van der Waals surface area contributed by atoms with Crippen LogP contribution in [0.15, 0.2) is 28.5 Å². The van der Waals surface area contributed by atoms with E-state index in [1.54, 1.807) is 11.4 Å². The van der Waals surface area contributed by atoms with E-state index in [9.17, 15) is 14.4 Å². The predicted octanol–water partition coefficient (Wildman–Crippen LogP) is 2.03. The van der Waals surface area contributed by atoms with E-state index in [4.69, 9.17) is 0 Å². The summed E-state index contributed by atoms with van der Waals surface area (Å²) in [5.41, 5.74) is 0.213. The summed E-state index contributed by atoms with van der Waals surface area (Å²) < 4.78 is 0. The Bertz CT molecular complexity index is 806. The molecule has 2 aromatic heterocycles. The average molecular weight is 360 g/mol. The molecule has 0 saturated carbocycles. The van der Waals surface area contributed by atoms with E-state index < -0.39 is 11.5 Å². The van der Waals surface area contributed by atoms with Gasteiger partial charge in [0.15, 0.2) is 5.13 Å². The number of thiazole rings is 1. The summed E-state index contributed by atoms with van der Waals surface area (Å²) in [5.74, 6) is -0.439. The number of rotatable bonds is 4. The standard InChI is InChI=1S/C17H20N4O3S/c22-14(21-8-3-1-2-4-9-21)10-12-11-25-17(19-12)20-16(24)13-6-5-7-18-15(13)23/h5-7,11H,1-4,8-10H2,(H,18,23)(H,19,20,24).